The molecule has 2 aromatic rings. The number of halogens is 1. The second kappa shape index (κ2) is 8.65. The van der Waals surface area contributed by atoms with Crippen molar-refractivity contribution in [3.63, 3.8) is 0 Å². The van der Waals surface area contributed by atoms with Crippen molar-refractivity contribution in [2.75, 3.05) is 20.1 Å². The molecule has 5 nitrogen and oxygen atoms in total. The molecule has 0 radical (unpaired) electrons. The largest absolute Gasteiger partial charge is 0.339 e. The molecular weight excluding hydrogens is 343 g/mol. The van der Waals surface area contributed by atoms with Crippen molar-refractivity contribution < 1.29 is 9.18 Å². The van der Waals surface area contributed by atoms with Crippen LogP contribution >= 0.6 is 0 Å². The first-order valence-electron chi connectivity index (χ1n) is 9.73. The van der Waals surface area contributed by atoms with E-state index in [0.717, 1.165) is 36.9 Å². The molecule has 0 spiro atoms. The Bertz CT molecular complexity index is 775. The summed E-state index contributed by atoms with van der Waals surface area (Å²) in [5, 5.41) is 4.26. The molecule has 0 bridgehead atoms. The highest BCUT2D eigenvalue weighted by Crippen LogP contribution is 2.28. The van der Waals surface area contributed by atoms with E-state index in [1.807, 2.05) is 36.2 Å². The summed E-state index contributed by atoms with van der Waals surface area (Å²) in [4.78, 5) is 17.0. The predicted octanol–water partition coefficient (Wildman–Crippen LogP) is 3.37. The van der Waals surface area contributed by atoms with Crippen molar-refractivity contribution in [1.29, 1.82) is 0 Å². The summed E-state index contributed by atoms with van der Waals surface area (Å²) < 4.78 is 15.6. The molecule has 6 heteroatoms. The van der Waals surface area contributed by atoms with Crippen molar-refractivity contribution in [2.24, 2.45) is 7.05 Å². The topological polar surface area (TPSA) is 41.4 Å². The zero-order valence-corrected chi connectivity index (χ0v) is 16.4. The maximum absolute atomic E-state index is 13.8. The number of likely N-dealkylation sites (tertiary alicyclic amines) is 1. The summed E-state index contributed by atoms with van der Waals surface area (Å²) in [5.74, 6) is -0.127. The number of hydrogen-bond donors (Lipinski definition) is 0. The van der Waals surface area contributed by atoms with Gasteiger partial charge < -0.3 is 4.90 Å². The summed E-state index contributed by atoms with van der Waals surface area (Å²) in [6.07, 6.45) is 8.05. The minimum atomic E-state index is -0.275. The Morgan fingerprint density at radius 1 is 1.37 bits per heavy atom. The van der Waals surface area contributed by atoms with E-state index in [1.54, 1.807) is 16.9 Å². The van der Waals surface area contributed by atoms with Gasteiger partial charge in [-0.2, -0.15) is 5.10 Å². The van der Waals surface area contributed by atoms with E-state index in [9.17, 15) is 9.18 Å². The summed E-state index contributed by atoms with van der Waals surface area (Å²) in [7, 11) is 3.78. The van der Waals surface area contributed by atoms with Gasteiger partial charge in [0.2, 0.25) is 5.91 Å². The van der Waals surface area contributed by atoms with Gasteiger partial charge in [-0.1, -0.05) is 19.1 Å². The van der Waals surface area contributed by atoms with E-state index >= 15 is 0 Å². The van der Waals surface area contributed by atoms with Gasteiger partial charge in [-0.25, -0.2) is 4.39 Å². The molecule has 1 aromatic heterocycles. The number of carbonyl (C=O) groups is 1. The van der Waals surface area contributed by atoms with E-state index in [2.05, 4.69) is 12.0 Å². The van der Waals surface area contributed by atoms with Crippen LogP contribution in [0.4, 0.5) is 4.39 Å². The quantitative estimate of drug-likeness (QED) is 0.781. The number of carbonyl (C=O) groups excluding carboxylic acids is 1. The first-order chi connectivity index (χ1) is 13.0. The van der Waals surface area contributed by atoms with E-state index in [-0.39, 0.29) is 17.8 Å². The highest BCUT2D eigenvalue weighted by atomic mass is 19.1. The number of benzene rings is 1. The fraction of sp³-hybridized carbons (Fsp3) is 0.524. The highest BCUT2D eigenvalue weighted by molar-refractivity contribution is 5.78. The third kappa shape index (κ3) is 4.56. The fourth-order valence-corrected chi connectivity index (χ4v) is 4.11. The molecule has 1 aliphatic heterocycles. The van der Waals surface area contributed by atoms with Crippen LogP contribution in [-0.4, -0.2) is 51.7 Å². The lowest BCUT2D eigenvalue weighted by molar-refractivity contribution is -0.136. The minimum Gasteiger partial charge on any atom is -0.339 e. The maximum atomic E-state index is 13.8. The van der Waals surface area contributed by atoms with Crippen molar-refractivity contribution in [2.45, 2.75) is 44.7 Å². The van der Waals surface area contributed by atoms with Gasteiger partial charge in [-0.05, 0) is 50.4 Å². The van der Waals surface area contributed by atoms with Gasteiger partial charge in [0.15, 0.2) is 0 Å². The molecule has 0 saturated carbocycles. The summed E-state index contributed by atoms with van der Waals surface area (Å²) in [6, 6.07) is 6.70. The van der Waals surface area contributed by atoms with Gasteiger partial charge in [0, 0.05) is 31.4 Å². The Balaban J connectivity index is 1.82. The summed E-state index contributed by atoms with van der Waals surface area (Å²) in [6.45, 7) is 3.28. The first kappa shape index (κ1) is 19.5. The molecule has 2 atom stereocenters. The third-order valence-corrected chi connectivity index (χ3v) is 5.45. The van der Waals surface area contributed by atoms with Crippen molar-refractivity contribution in [3.8, 4) is 0 Å². The van der Waals surface area contributed by atoms with E-state index in [1.165, 1.54) is 18.6 Å². The van der Waals surface area contributed by atoms with Gasteiger partial charge in [-0.3, -0.25) is 14.4 Å². The predicted molar refractivity (Wildman–Crippen MR) is 104 cm³/mol. The van der Waals surface area contributed by atoms with Crippen LogP contribution in [-0.2, 0) is 11.8 Å². The fourth-order valence-electron chi connectivity index (χ4n) is 4.11. The summed E-state index contributed by atoms with van der Waals surface area (Å²) in [5.41, 5.74) is 1.77. The molecule has 1 saturated heterocycles. The Morgan fingerprint density at radius 3 is 2.85 bits per heavy atom. The van der Waals surface area contributed by atoms with E-state index in [4.69, 9.17) is 0 Å². The Morgan fingerprint density at radius 2 is 2.19 bits per heavy atom. The molecule has 2 heterocycles. The Hall–Kier alpha value is -2.21. The normalized spacial score (nSPS) is 18.7. The molecule has 146 valence electrons. The molecule has 0 aliphatic carbocycles. The number of hydrogen-bond acceptors (Lipinski definition) is 3. The lowest BCUT2D eigenvalue weighted by Gasteiger charge is -2.37. The number of likely N-dealkylation sites (N-methyl/N-ethyl adjacent to an activating group) is 1. The minimum absolute atomic E-state index is 0.148. The van der Waals surface area contributed by atoms with Gasteiger partial charge in [0.05, 0.1) is 18.8 Å². The number of aromatic nitrogens is 2. The maximum Gasteiger partial charge on any atom is 0.237 e. The Labute approximate surface area is 160 Å². The van der Waals surface area contributed by atoms with Gasteiger partial charge in [0.25, 0.3) is 0 Å². The number of rotatable bonds is 6. The number of aryl methyl sites for hydroxylation is 1. The zero-order chi connectivity index (χ0) is 19.4. The third-order valence-electron chi connectivity index (χ3n) is 5.45. The Kier molecular flexibility index (Phi) is 6.26. The van der Waals surface area contributed by atoms with Crippen LogP contribution in [0.3, 0.4) is 0 Å². The van der Waals surface area contributed by atoms with Crippen LogP contribution < -0.4 is 0 Å². The smallest absolute Gasteiger partial charge is 0.237 e. The molecule has 1 aromatic carbocycles. The lowest BCUT2D eigenvalue weighted by Crippen LogP contribution is -2.47. The van der Waals surface area contributed by atoms with E-state index < -0.39 is 0 Å². The van der Waals surface area contributed by atoms with Crippen LogP contribution in [0.2, 0.25) is 0 Å². The molecule has 3 rings (SSSR count). The second-order valence-corrected chi connectivity index (χ2v) is 7.46. The molecular formula is C21H29FN4O. The highest BCUT2D eigenvalue weighted by Gasteiger charge is 2.29. The number of nitrogens with zero attached hydrogens (tertiary/aromatic N) is 4. The number of amides is 1. The second-order valence-electron chi connectivity index (χ2n) is 7.46. The van der Waals surface area contributed by atoms with Crippen LogP contribution in [0.1, 0.15) is 49.8 Å². The van der Waals surface area contributed by atoms with Crippen molar-refractivity contribution >= 4 is 5.91 Å². The molecule has 27 heavy (non-hydrogen) atoms. The molecule has 1 amide bonds. The van der Waals surface area contributed by atoms with Crippen molar-refractivity contribution in [1.82, 2.24) is 19.6 Å². The molecule has 0 N–H and O–H groups in total. The monoisotopic (exact) mass is 372 g/mol. The number of piperidine rings is 1. The lowest BCUT2D eigenvalue weighted by atomic mass is 9.98. The average Bonchev–Trinajstić information content (AvgIpc) is 3.07. The van der Waals surface area contributed by atoms with Gasteiger partial charge in [0.1, 0.15) is 5.82 Å². The van der Waals surface area contributed by atoms with Crippen LogP contribution in [0.15, 0.2) is 36.7 Å². The van der Waals surface area contributed by atoms with Crippen LogP contribution in [0, 0.1) is 5.82 Å². The van der Waals surface area contributed by atoms with Crippen LogP contribution in [0.5, 0.6) is 0 Å². The first-order valence-corrected chi connectivity index (χ1v) is 9.73. The SMILES string of the molecule is CC[C@H]1CCCCN1C(=O)CN(C)[C@@H](c1cccc(F)c1)c1cnn(C)c1. The van der Waals surface area contributed by atoms with Crippen LogP contribution in [0.25, 0.3) is 0 Å². The van der Waals surface area contributed by atoms with Gasteiger partial charge in [-0.15, -0.1) is 0 Å². The summed E-state index contributed by atoms with van der Waals surface area (Å²) >= 11 is 0. The van der Waals surface area contributed by atoms with Gasteiger partial charge >= 0.3 is 0 Å². The zero-order valence-electron chi connectivity index (χ0n) is 16.4. The molecule has 1 aliphatic rings. The molecule has 1 fully saturated rings. The average molecular weight is 372 g/mol. The molecule has 0 unspecified atom stereocenters. The van der Waals surface area contributed by atoms with E-state index in [0.29, 0.717) is 12.6 Å². The standard InChI is InChI=1S/C21H29FN4O/c1-4-19-10-5-6-11-26(19)20(27)15-24(2)21(17-13-23-25(3)14-17)16-8-7-9-18(22)12-16/h7-9,12-14,19,21H,4-6,10-11,15H2,1-3H3/t19-,21-/m0/s1. The van der Waals surface area contributed by atoms with Crippen molar-refractivity contribution in [3.05, 3.63) is 53.6 Å².